The van der Waals surface area contributed by atoms with E-state index in [1.54, 1.807) is 6.20 Å². The molecule has 0 N–H and O–H groups in total. The van der Waals surface area contributed by atoms with Crippen LogP contribution < -0.4 is 0 Å². The van der Waals surface area contributed by atoms with Crippen molar-refractivity contribution in [2.75, 3.05) is 0 Å². The lowest BCUT2D eigenvalue weighted by atomic mass is 10.1. The summed E-state index contributed by atoms with van der Waals surface area (Å²) in [5.74, 6) is 1.85. The maximum absolute atomic E-state index is 4.56. The van der Waals surface area contributed by atoms with Gasteiger partial charge in [-0.05, 0) is 31.9 Å². The van der Waals surface area contributed by atoms with Crippen LogP contribution in [0.3, 0.4) is 0 Å². The lowest BCUT2D eigenvalue weighted by molar-refractivity contribution is 0.389. The molecule has 0 spiro atoms. The number of hydrogen-bond donors (Lipinski definition) is 0. The van der Waals surface area contributed by atoms with Gasteiger partial charge in [0.05, 0.1) is 6.04 Å². The van der Waals surface area contributed by atoms with Crippen molar-refractivity contribution < 1.29 is 0 Å². The van der Waals surface area contributed by atoms with E-state index in [0.29, 0.717) is 6.04 Å². The fourth-order valence-corrected chi connectivity index (χ4v) is 2.16. The molecule has 3 heterocycles. The molecule has 0 amide bonds. The summed E-state index contributed by atoms with van der Waals surface area (Å²) in [6, 6.07) is 6.29. The third-order valence-electron chi connectivity index (χ3n) is 3.04. The Labute approximate surface area is 94.4 Å². The Morgan fingerprint density at radius 3 is 3.06 bits per heavy atom. The van der Waals surface area contributed by atoms with Crippen LogP contribution in [0.15, 0.2) is 24.4 Å². The Morgan fingerprint density at radius 1 is 1.38 bits per heavy atom. The summed E-state index contributed by atoms with van der Waals surface area (Å²) >= 11 is 0. The maximum atomic E-state index is 4.56. The topological polar surface area (TPSA) is 43.6 Å². The van der Waals surface area contributed by atoms with Gasteiger partial charge >= 0.3 is 0 Å². The predicted molar refractivity (Wildman–Crippen MR) is 60.9 cm³/mol. The van der Waals surface area contributed by atoms with Crippen molar-refractivity contribution in [2.45, 2.75) is 32.2 Å². The van der Waals surface area contributed by atoms with E-state index < -0.39 is 0 Å². The second-order valence-electron chi connectivity index (χ2n) is 4.25. The first-order valence-electron chi connectivity index (χ1n) is 5.71. The van der Waals surface area contributed by atoms with Crippen LogP contribution in [0.4, 0.5) is 0 Å². The minimum absolute atomic E-state index is 0.466. The van der Waals surface area contributed by atoms with E-state index >= 15 is 0 Å². The standard InChI is InChI=1S/C12H14N4/c1-9-5-4-7-11-14-12(15-16(9)11)10-6-2-3-8-13-10/h2-3,6,8-9H,4-5,7H2,1H3. The van der Waals surface area contributed by atoms with Gasteiger partial charge in [-0.25, -0.2) is 9.67 Å². The van der Waals surface area contributed by atoms with E-state index in [1.165, 1.54) is 12.8 Å². The highest BCUT2D eigenvalue weighted by atomic mass is 15.4. The van der Waals surface area contributed by atoms with Crippen molar-refractivity contribution in [3.63, 3.8) is 0 Å². The molecular weight excluding hydrogens is 200 g/mol. The van der Waals surface area contributed by atoms with Crippen molar-refractivity contribution in [1.82, 2.24) is 19.7 Å². The summed E-state index contributed by atoms with van der Waals surface area (Å²) < 4.78 is 2.05. The van der Waals surface area contributed by atoms with Crippen LogP contribution >= 0.6 is 0 Å². The van der Waals surface area contributed by atoms with Crippen LogP contribution in [0.1, 0.15) is 31.6 Å². The molecule has 1 aliphatic rings. The van der Waals surface area contributed by atoms with E-state index in [4.69, 9.17) is 0 Å². The Balaban J connectivity index is 2.05. The average Bonchev–Trinajstić information content (AvgIpc) is 2.76. The molecule has 0 saturated carbocycles. The Morgan fingerprint density at radius 2 is 2.31 bits per heavy atom. The number of fused-ring (bicyclic) bond motifs is 1. The molecule has 16 heavy (non-hydrogen) atoms. The molecule has 4 nitrogen and oxygen atoms in total. The zero-order valence-corrected chi connectivity index (χ0v) is 9.30. The first kappa shape index (κ1) is 9.51. The average molecular weight is 214 g/mol. The zero-order valence-electron chi connectivity index (χ0n) is 9.30. The van der Waals surface area contributed by atoms with Gasteiger partial charge in [0.25, 0.3) is 0 Å². The van der Waals surface area contributed by atoms with E-state index in [-0.39, 0.29) is 0 Å². The van der Waals surface area contributed by atoms with E-state index in [2.05, 4.69) is 22.0 Å². The molecule has 0 bridgehead atoms. The third-order valence-corrected chi connectivity index (χ3v) is 3.04. The van der Waals surface area contributed by atoms with Crippen molar-refractivity contribution >= 4 is 0 Å². The van der Waals surface area contributed by atoms with Crippen LogP contribution in [-0.2, 0) is 6.42 Å². The van der Waals surface area contributed by atoms with Gasteiger partial charge in [-0.2, -0.15) is 0 Å². The number of hydrogen-bond acceptors (Lipinski definition) is 3. The van der Waals surface area contributed by atoms with E-state index in [1.807, 2.05) is 22.9 Å². The maximum Gasteiger partial charge on any atom is 0.200 e. The first-order chi connectivity index (χ1) is 7.84. The minimum Gasteiger partial charge on any atom is -0.253 e. The predicted octanol–water partition coefficient (Wildman–Crippen LogP) is 2.24. The van der Waals surface area contributed by atoms with Crippen molar-refractivity contribution in [3.8, 4) is 11.5 Å². The Kier molecular flexibility index (Phi) is 2.20. The Bertz CT molecular complexity index is 489. The summed E-state index contributed by atoms with van der Waals surface area (Å²) in [4.78, 5) is 8.84. The normalized spacial score (nSPS) is 19.4. The van der Waals surface area contributed by atoms with Crippen LogP contribution in [-0.4, -0.2) is 19.7 Å². The van der Waals surface area contributed by atoms with Gasteiger partial charge in [0.2, 0.25) is 0 Å². The molecule has 3 rings (SSSR count). The summed E-state index contributed by atoms with van der Waals surface area (Å²) in [5, 5.41) is 4.55. The summed E-state index contributed by atoms with van der Waals surface area (Å²) in [6.07, 6.45) is 5.21. The quantitative estimate of drug-likeness (QED) is 0.731. The summed E-state index contributed by atoms with van der Waals surface area (Å²) in [7, 11) is 0. The van der Waals surface area contributed by atoms with Crippen LogP contribution in [0, 0.1) is 0 Å². The summed E-state index contributed by atoms with van der Waals surface area (Å²) in [6.45, 7) is 2.19. The number of nitrogens with zero attached hydrogens (tertiary/aromatic N) is 4. The fourth-order valence-electron chi connectivity index (χ4n) is 2.16. The SMILES string of the molecule is CC1CCCc2nc(-c3ccccn3)nn21. The minimum atomic E-state index is 0.466. The molecule has 0 aliphatic carbocycles. The largest absolute Gasteiger partial charge is 0.253 e. The van der Waals surface area contributed by atoms with Gasteiger partial charge in [-0.1, -0.05) is 6.07 Å². The molecule has 0 aromatic carbocycles. The van der Waals surface area contributed by atoms with Crippen LogP contribution in [0.25, 0.3) is 11.5 Å². The molecule has 4 heteroatoms. The molecule has 82 valence electrons. The highest BCUT2D eigenvalue weighted by molar-refractivity contribution is 5.47. The first-order valence-corrected chi connectivity index (χ1v) is 5.71. The molecular formula is C12H14N4. The monoisotopic (exact) mass is 214 g/mol. The molecule has 1 unspecified atom stereocenters. The van der Waals surface area contributed by atoms with Gasteiger partial charge in [-0.3, -0.25) is 4.98 Å². The number of aromatic nitrogens is 4. The molecule has 0 saturated heterocycles. The lowest BCUT2D eigenvalue weighted by Gasteiger charge is -2.18. The van der Waals surface area contributed by atoms with Crippen molar-refractivity contribution in [1.29, 1.82) is 0 Å². The van der Waals surface area contributed by atoms with Gasteiger partial charge in [0.1, 0.15) is 11.5 Å². The number of rotatable bonds is 1. The van der Waals surface area contributed by atoms with Gasteiger partial charge in [0, 0.05) is 12.6 Å². The fraction of sp³-hybridized carbons (Fsp3) is 0.417. The van der Waals surface area contributed by atoms with Crippen molar-refractivity contribution in [2.24, 2.45) is 0 Å². The molecule has 1 aliphatic heterocycles. The van der Waals surface area contributed by atoms with E-state index in [9.17, 15) is 0 Å². The molecule has 0 radical (unpaired) electrons. The second kappa shape index (κ2) is 3.70. The summed E-state index contributed by atoms with van der Waals surface area (Å²) in [5.41, 5.74) is 0.858. The zero-order chi connectivity index (χ0) is 11.0. The molecule has 2 aromatic heterocycles. The number of aryl methyl sites for hydroxylation is 1. The molecule has 1 atom stereocenters. The van der Waals surface area contributed by atoms with Gasteiger partial charge in [-0.15, -0.1) is 5.10 Å². The molecule has 2 aromatic rings. The highest BCUT2D eigenvalue weighted by Crippen LogP contribution is 2.24. The highest BCUT2D eigenvalue weighted by Gasteiger charge is 2.20. The third kappa shape index (κ3) is 1.50. The van der Waals surface area contributed by atoms with Crippen LogP contribution in [0.5, 0.6) is 0 Å². The van der Waals surface area contributed by atoms with Gasteiger partial charge < -0.3 is 0 Å². The smallest absolute Gasteiger partial charge is 0.200 e. The van der Waals surface area contributed by atoms with Crippen LogP contribution in [0.2, 0.25) is 0 Å². The second-order valence-corrected chi connectivity index (χ2v) is 4.25. The number of pyridine rings is 1. The lowest BCUT2D eigenvalue weighted by Crippen LogP contribution is -2.16. The van der Waals surface area contributed by atoms with E-state index in [0.717, 1.165) is 23.8 Å². The van der Waals surface area contributed by atoms with Crippen molar-refractivity contribution in [3.05, 3.63) is 30.2 Å². The molecule has 0 fully saturated rings. The Hall–Kier alpha value is -1.71. The van der Waals surface area contributed by atoms with Gasteiger partial charge in [0.15, 0.2) is 5.82 Å².